The Balaban J connectivity index is 1.28. The quantitative estimate of drug-likeness (QED) is 0.102. The molecule has 0 aliphatic heterocycles. The molecule has 10 heteroatoms. The lowest BCUT2D eigenvalue weighted by Gasteiger charge is -2.12. The Kier molecular flexibility index (Phi) is 8.67. The topological polar surface area (TPSA) is 99.0 Å². The Morgan fingerprint density at radius 2 is 1.88 bits per heavy atom. The number of carbonyl (C=O) groups is 2. The number of anilines is 1. The molecule has 6 rings (SSSR count). The lowest BCUT2D eigenvalue weighted by Crippen LogP contribution is -2.17. The lowest BCUT2D eigenvalue weighted by molar-refractivity contribution is -0.113. The van der Waals surface area contributed by atoms with Crippen LogP contribution in [0.25, 0.3) is 33.5 Å². The van der Waals surface area contributed by atoms with E-state index in [9.17, 15) is 9.59 Å². The molecule has 5 aromatic rings. The van der Waals surface area contributed by atoms with Crippen LogP contribution < -0.4 is 5.32 Å². The summed E-state index contributed by atoms with van der Waals surface area (Å²) in [4.78, 5) is 32.1. The van der Waals surface area contributed by atoms with Crippen molar-refractivity contribution in [3.63, 3.8) is 0 Å². The van der Waals surface area contributed by atoms with Gasteiger partial charge < -0.3 is 10.1 Å². The summed E-state index contributed by atoms with van der Waals surface area (Å²) in [6.45, 7) is 6.48. The number of aromatic nitrogens is 4. The second kappa shape index (κ2) is 12.9. The van der Waals surface area contributed by atoms with E-state index in [0.29, 0.717) is 28.1 Å². The van der Waals surface area contributed by atoms with Crippen LogP contribution in [-0.2, 0) is 28.9 Å². The van der Waals surface area contributed by atoms with Gasteiger partial charge >= 0.3 is 5.97 Å². The average Bonchev–Trinajstić information content (AvgIpc) is 3.60. The minimum atomic E-state index is -0.375. The van der Waals surface area contributed by atoms with E-state index in [0.717, 1.165) is 63.8 Å². The summed E-state index contributed by atoms with van der Waals surface area (Å²) < 4.78 is 7.30. The number of benzene rings is 2. The normalized spacial score (nSPS) is 12.6. The van der Waals surface area contributed by atoms with E-state index in [1.165, 1.54) is 23.1 Å². The number of amides is 1. The van der Waals surface area contributed by atoms with Crippen LogP contribution in [0.5, 0.6) is 0 Å². The zero-order valence-electron chi connectivity index (χ0n) is 23.8. The number of hydrogen-bond donors (Lipinski definition) is 1. The predicted octanol–water partition coefficient (Wildman–Crippen LogP) is 7.19. The summed E-state index contributed by atoms with van der Waals surface area (Å²) in [5.74, 6) is 0.185. The van der Waals surface area contributed by atoms with Gasteiger partial charge in [0.25, 0.3) is 0 Å². The number of thioether (sulfide) groups is 1. The number of thiophene rings is 1. The highest BCUT2D eigenvalue weighted by Gasteiger charge is 2.27. The van der Waals surface area contributed by atoms with E-state index in [2.05, 4.69) is 22.1 Å². The van der Waals surface area contributed by atoms with E-state index >= 15 is 0 Å². The summed E-state index contributed by atoms with van der Waals surface area (Å²) in [6, 6.07) is 20.1. The first kappa shape index (κ1) is 28.8. The number of esters is 1. The maximum Gasteiger partial charge on any atom is 0.341 e. The molecule has 0 atom stereocenters. The molecule has 0 spiro atoms. The molecule has 1 aliphatic carbocycles. The van der Waals surface area contributed by atoms with Gasteiger partial charge in [0, 0.05) is 27.9 Å². The summed E-state index contributed by atoms with van der Waals surface area (Å²) in [6.07, 6.45) is 5.65. The van der Waals surface area contributed by atoms with Crippen molar-refractivity contribution in [2.24, 2.45) is 0 Å². The Hall–Kier alpha value is -4.28. The van der Waals surface area contributed by atoms with Crippen molar-refractivity contribution in [3.8, 4) is 22.6 Å². The van der Waals surface area contributed by atoms with Gasteiger partial charge in [-0.2, -0.15) is 0 Å². The van der Waals surface area contributed by atoms with Crippen molar-refractivity contribution in [2.75, 3.05) is 17.7 Å². The van der Waals surface area contributed by atoms with E-state index in [4.69, 9.17) is 9.72 Å². The Bertz CT molecular complexity index is 1810. The fourth-order valence-electron chi connectivity index (χ4n) is 5.37. The van der Waals surface area contributed by atoms with Crippen LogP contribution in [0, 0.1) is 0 Å². The molecule has 0 bridgehead atoms. The largest absolute Gasteiger partial charge is 0.462 e. The predicted molar refractivity (Wildman–Crippen MR) is 173 cm³/mol. The van der Waals surface area contributed by atoms with Crippen molar-refractivity contribution >= 4 is 50.9 Å². The summed E-state index contributed by atoms with van der Waals surface area (Å²) >= 11 is 2.78. The standard InChI is InChI=1S/C33H31N5O3S2/c1-3-18-38-30(24-19-26(21-12-6-5-7-13-21)34-25-16-10-8-14-22(24)25)36-37-33(38)42-20-28(39)35-31-29(32(40)41-4-2)23-15-9-11-17-27(23)43-31/h3,5-8,10,12-14,16,19H,1,4,9,11,15,17-18,20H2,2H3,(H,35,39). The number of para-hydroxylation sites is 1. The highest BCUT2D eigenvalue weighted by molar-refractivity contribution is 7.99. The van der Waals surface area contributed by atoms with Crippen LogP contribution in [-0.4, -0.2) is 44.0 Å². The zero-order valence-corrected chi connectivity index (χ0v) is 25.5. The lowest BCUT2D eigenvalue weighted by atomic mass is 9.95. The minimum Gasteiger partial charge on any atom is -0.462 e. The maximum absolute atomic E-state index is 13.2. The van der Waals surface area contributed by atoms with Gasteiger partial charge in [0.15, 0.2) is 11.0 Å². The molecule has 3 heterocycles. The van der Waals surface area contributed by atoms with Gasteiger partial charge in [-0.1, -0.05) is 66.4 Å². The molecular weight excluding hydrogens is 579 g/mol. The van der Waals surface area contributed by atoms with Crippen LogP contribution in [0.1, 0.15) is 40.6 Å². The van der Waals surface area contributed by atoms with Crippen molar-refractivity contribution in [1.29, 1.82) is 0 Å². The highest BCUT2D eigenvalue weighted by atomic mass is 32.2. The highest BCUT2D eigenvalue weighted by Crippen LogP contribution is 2.39. The van der Waals surface area contributed by atoms with Crippen molar-refractivity contribution < 1.29 is 14.3 Å². The second-order valence-corrected chi connectivity index (χ2v) is 12.2. The van der Waals surface area contributed by atoms with E-state index in [1.54, 1.807) is 13.0 Å². The number of allylic oxidation sites excluding steroid dienone is 1. The molecule has 2 aromatic carbocycles. The third-order valence-electron chi connectivity index (χ3n) is 7.29. The smallest absolute Gasteiger partial charge is 0.341 e. The Labute approximate surface area is 258 Å². The molecule has 0 radical (unpaired) electrons. The van der Waals surface area contributed by atoms with Gasteiger partial charge in [-0.25, -0.2) is 9.78 Å². The fourth-order valence-corrected chi connectivity index (χ4v) is 7.41. The molecule has 8 nitrogen and oxygen atoms in total. The SMILES string of the molecule is C=CCn1c(SCC(=O)Nc2sc3c(c2C(=O)OCC)CCCC3)nnc1-c1cc(-c2ccccc2)nc2ccccc12. The molecule has 3 aromatic heterocycles. The summed E-state index contributed by atoms with van der Waals surface area (Å²) in [5, 5.41) is 14.2. The third kappa shape index (κ3) is 5.98. The minimum absolute atomic E-state index is 0.104. The van der Waals surface area contributed by atoms with Crippen LogP contribution in [0.4, 0.5) is 5.00 Å². The van der Waals surface area contributed by atoms with Gasteiger partial charge in [-0.15, -0.1) is 28.1 Å². The second-order valence-electron chi connectivity index (χ2n) is 10.1. The first-order valence-corrected chi connectivity index (χ1v) is 16.1. The number of aryl methyl sites for hydroxylation is 1. The van der Waals surface area contributed by atoms with Crippen molar-refractivity contribution in [3.05, 3.63) is 89.3 Å². The number of rotatable bonds is 10. The number of nitrogens with zero attached hydrogens (tertiary/aromatic N) is 4. The summed E-state index contributed by atoms with van der Waals surface area (Å²) in [5.41, 5.74) is 5.14. The average molecular weight is 610 g/mol. The maximum atomic E-state index is 13.2. The number of ether oxygens (including phenoxy) is 1. The zero-order chi connectivity index (χ0) is 29.8. The Morgan fingerprint density at radius 1 is 1.09 bits per heavy atom. The van der Waals surface area contributed by atoms with Crippen LogP contribution in [0.15, 0.2) is 78.5 Å². The molecule has 0 saturated heterocycles. The van der Waals surface area contributed by atoms with Crippen LogP contribution in [0.2, 0.25) is 0 Å². The molecule has 0 fully saturated rings. The molecule has 0 saturated carbocycles. The monoisotopic (exact) mass is 609 g/mol. The summed E-state index contributed by atoms with van der Waals surface area (Å²) in [7, 11) is 0. The van der Waals surface area contributed by atoms with Crippen LogP contribution >= 0.6 is 23.1 Å². The van der Waals surface area contributed by atoms with Gasteiger partial charge in [0.1, 0.15) is 5.00 Å². The first-order valence-electron chi connectivity index (χ1n) is 14.3. The fraction of sp³-hybridized carbons (Fsp3) is 0.242. The molecule has 1 amide bonds. The first-order chi connectivity index (χ1) is 21.1. The van der Waals surface area contributed by atoms with Gasteiger partial charge in [0.2, 0.25) is 5.91 Å². The van der Waals surface area contributed by atoms with E-state index in [-0.39, 0.29) is 24.2 Å². The van der Waals surface area contributed by atoms with Gasteiger partial charge in [0.05, 0.1) is 29.1 Å². The number of fused-ring (bicyclic) bond motifs is 2. The molecule has 1 N–H and O–H groups in total. The Morgan fingerprint density at radius 3 is 2.70 bits per heavy atom. The molecule has 1 aliphatic rings. The number of hydrogen-bond acceptors (Lipinski definition) is 8. The molecule has 43 heavy (non-hydrogen) atoms. The van der Waals surface area contributed by atoms with Crippen molar-refractivity contribution in [2.45, 2.75) is 44.3 Å². The van der Waals surface area contributed by atoms with Crippen molar-refractivity contribution in [1.82, 2.24) is 19.7 Å². The number of carbonyl (C=O) groups excluding carboxylic acids is 2. The third-order valence-corrected chi connectivity index (χ3v) is 9.47. The van der Waals surface area contributed by atoms with E-state index < -0.39 is 0 Å². The van der Waals surface area contributed by atoms with Crippen LogP contribution in [0.3, 0.4) is 0 Å². The molecule has 0 unspecified atom stereocenters. The molecular formula is C33H31N5O3S2. The number of pyridine rings is 1. The van der Waals surface area contributed by atoms with E-state index in [1.807, 2.05) is 65.2 Å². The van der Waals surface area contributed by atoms with Gasteiger partial charge in [-0.05, 0) is 50.3 Å². The number of nitrogens with one attached hydrogen (secondary N) is 1. The molecule has 218 valence electrons. The van der Waals surface area contributed by atoms with Gasteiger partial charge in [-0.3, -0.25) is 9.36 Å².